The third kappa shape index (κ3) is 5.05. The molecule has 31 heavy (non-hydrogen) atoms. The molecule has 0 aliphatic rings. The lowest BCUT2D eigenvalue weighted by Gasteiger charge is -2.10. The van der Waals surface area contributed by atoms with Gasteiger partial charge >= 0.3 is 0 Å². The molecular formula is C23H22N6O2. The van der Waals surface area contributed by atoms with Crippen LogP contribution in [-0.2, 0) is 13.1 Å². The highest BCUT2D eigenvalue weighted by atomic mass is 16.5. The summed E-state index contributed by atoms with van der Waals surface area (Å²) in [6.07, 6.45) is 3.42. The molecule has 0 aliphatic heterocycles. The van der Waals surface area contributed by atoms with E-state index < -0.39 is 0 Å². The summed E-state index contributed by atoms with van der Waals surface area (Å²) in [5.41, 5.74) is 3.21. The van der Waals surface area contributed by atoms with Crippen molar-refractivity contribution in [3.05, 3.63) is 90.0 Å². The minimum atomic E-state index is -0.158. The van der Waals surface area contributed by atoms with Gasteiger partial charge in [0.25, 0.3) is 5.91 Å². The molecule has 2 aromatic carbocycles. The number of H-pyrrole nitrogens is 1. The van der Waals surface area contributed by atoms with Gasteiger partial charge in [0.1, 0.15) is 11.6 Å². The van der Waals surface area contributed by atoms with Crippen LogP contribution in [0.5, 0.6) is 5.75 Å². The van der Waals surface area contributed by atoms with Gasteiger partial charge in [0, 0.05) is 41.3 Å². The summed E-state index contributed by atoms with van der Waals surface area (Å²) in [5.74, 6) is 1.96. The monoisotopic (exact) mass is 414 g/mol. The smallest absolute Gasteiger partial charge is 0.251 e. The molecule has 0 saturated carbocycles. The first-order valence-electron chi connectivity index (χ1n) is 9.79. The molecule has 3 N–H and O–H groups in total. The van der Waals surface area contributed by atoms with Crippen LogP contribution in [0.2, 0.25) is 0 Å². The molecular weight excluding hydrogens is 392 g/mol. The van der Waals surface area contributed by atoms with Crippen LogP contribution in [0, 0.1) is 0 Å². The third-order valence-corrected chi connectivity index (χ3v) is 4.70. The van der Waals surface area contributed by atoms with Gasteiger partial charge in [0.15, 0.2) is 5.82 Å². The zero-order valence-electron chi connectivity index (χ0n) is 17.0. The normalized spacial score (nSPS) is 10.5. The molecule has 0 spiro atoms. The largest absolute Gasteiger partial charge is 0.496 e. The van der Waals surface area contributed by atoms with E-state index in [0.29, 0.717) is 30.3 Å². The Morgan fingerprint density at radius 2 is 1.84 bits per heavy atom. The molecule has 0 aliphatic carbocycles. The fraction of sp³-hybridized carbons (Fsp3) is 0.130. The Bertz CT molecular complexity index is 1160. The van der Waals surface area contributed by atoms with E-state index >= 15 is 0 Å². The molecule has 0 bridgehead atoms. The highest BCUT2D eigenvalue weighted by Gasteiger charge is 2.09. The fourth-order valence-electron chi connectivity index (χ4n) is 3.10. The van der Waals surface area contributed by atoms with Gasteiger partial charge in [0.2, 0.25) is 0 Å². The predicted octanol–water partition coefficient (Wildman–Crippen LogP) is 3.42. The van der Waals surface area contributed by atoms with E-state index in [1.54, 1.807) is 31.6 Å². The van der Waals surface area contributed by atoms with E-state index in [1.165, 1.54) is 0 Å². The highest BCUT2D eigenvalue weighted by molar-refractivity contribution is 5.95. The number of hydrogen-bond acceptors (Lipinski definition) is 6. The summed E-state index contributed by atoms with van der Waals surface area (Å²) in [6.45, 7) is 0.834. The van der Waals surface area contributed by atoms with E-state index in [2.05, 4.69) is 30.8 Å². The van der Waals surface area contributed by atoms with Gasteiger partial charge in [-0.3, -0.25) is 9.78 Å². The SMILES string of the molecule is COc1ccccc1CNC(=O)c1cccc(NCc2nnc(-c3ccncc3)[nH]2)c1. The van der Waals surface area contributed by atoms with Gasteiger partial charge in [-0.05, 0) is 36.4 Å². The first-order valence-corrected chi connectivity index (χ1v) is 9.79. The molecule has 2 aromatic heterocycles. The first kappa shape index (κ1) is 20.1. The number of aromatic amines is 1. The molecule has 4 rings (SSSR count). The second kappa shape index (κ2) is 9.53. The predicted molar refractivity (Wildman–Crippen MR) is 118 cm³/mol. The van der Waals surface area contributed by atoms with E-state index in [9.17, 15) is 4.79 Å². The summed E-state index contributed by atoms with van der Waals surface area (Å²) in [7, 11) is 1.62. The third-order valence-electron chi connectivity index (χ3n) is 4.70. The summed E-state index contributed by atoms with van der Waals surface area (Å²) < 4.78 is 5.33. The number of benzene rings is 2. The van der Waals surface area contributed by atoms with Crippen molar-refractivity contribution in [3.63, 3.8) is 0 Å². The molecule has 4 aromatic rings. The van der Waals surface area contributed by atoms with E-state index in [0.717, 1.165) is 22.6 Å². The Balaban J connectivity index is 1.36. The molecule has 0 radical (unpaired) electrons. The van der Waals surface area contributed by atoms with Crippen LogP contribution in [0.4, 0.5) is 5.69 Å². The molecule has 8 nitrogen and oxygen atoms in total. The molecule has 0 atom stereocenters. The van der Waals surface area contributed by atoms with Gasteiger partial charge in [-0.15, -0.1) is 10.2 Å². The Labute approximate surface area is 179 Å². The zero-order chi connectivity index (χ0) is 21.5. The lowest BCUT2D eigenvalue weighted by atomic mass is 10.1. The number of ether oxygens (including phenoxy) is 1. The van der Waals surface area contributed by atoms with Crippen LogP contribution in [-0.4, -0.2) is 33.2 Å². The number of pyridine rings is 1. The lowest BCUT2D eigenvalue weighted by Crippen LogP contribution is -2.23. The molecule has 8 heteroatoms. The molecule has 1 amide bonds. The van der Waals surface area contributed by atoms with Crippen molar-refractivity contribution < 1.29 is 9.53 Å². The van der Waals surface area contributed by atoms with Crippen LogP contribution in [0.3, 0.4) is 0 Å². The number of rotatable bonds is 8. The molecule has 156 valence electrons. The number of methoxy groups -OCH3 is 1. The van der Waals surface area contributed by atoms with Crippen LogP contribution < -0.4 is 15.4 Å². The van der Waals surface area contributed by atoms with Crippen molar-refractivity contribution in [2.24, 2.45) is 0 Å². The first-order chi connectivity index (χ1) is 15.2. The van der Waals surface area contributed by atoms with Crippen LogP contribution in [0.25, 0.3) is 11.4 Å². The fourth-order valence-corrected chi connectivity index (χ4v) is 3.10. The maximum absolute atomic E-state index is 12.6. The number of hydrogen-bond donors (Lipinski definition) is 3. The van der Waals surface area contributed by atoms with Crippen LogP contribution >= 0.6 is 0 Å². The number of aromatic nitrogens is 4. The lowest BCUT2D eigenvalue weighted by molar-refractivity contribution is 0.0950. The number of carbonyl (C=O) groups is 1. The van der Waals surface area contributed by atoms with Crippen molar-refractivity contribution in [2.45, 2.75) is 13.1 Å². The van der Waals surface area contributed by atoms with Crippen molar-refractivity contribution in [1.82, 2.24) is 25.5 Å². The van der Waals surface area contributed by atoms with E-state index in [4.69, 9.17) is 4.74 Å². The maximum atomic E-state index is 12.6. The molecule has 2 heterocycles. The van der Waals surface area contributed by atoms with E-state index in [-0.39, 0.29) is 5.91 Å². The quantitative estimate of drug-likeness (QED) is 0.408. The van der Waals surface area contributed by atoms with E-state index in [1.807, 2.05) is 48.5 Å². The summed E-state index contributed by atoms with van der Waals surface area (Å²) in [4.78, 5) is 19.8. The second-order valence-electron chi connectivity index (χ2n) is 6.79. The van der Waals surface area contributed by atoms with Crippen molar-refractivity contribution in [1.29, 1.82) is 0 Å². The van der Waals surface area contributed by atoms with Crippen LogP contribution in [0.15, 0.2) is 73.1 Å². The highest BCUT2D eigenvalue weighted by Crippen LogP contribution is 2.18. The van der Waals surface area contributed by atoms with Gasteiger partial charge in [-0.2, -0.15) is 0 Å². The second-order valence-corrected chi connectivity index (χ2v) is 6.79. The number of nitrogens with zero attached hydrogens (tertiary/aromatic N) is 3. The average Bonchev–Trinajstić information content (AvgIpc) is 3.31. The zero-order valence-corrected chi connectivity index (χ0v) is 17.0. The van der Waals surface area contributed by atoms with Gasteiger partial charge in [0.05, 0.1) is 13.7 Å². The molecule has 0 fully saturated rings. The van der Waals surface area contributed by atoms with Gasteiger partial charge < -0.3 is 20.4 Å². The summed E-state index contributed by atoms with van der Waals surface area (Å²) in [6, 6.07) is 18.7. The number of anilines is 1. The van der Waals surface area contributed by atoms with Gasteiger partial charge in [-0.25, -0.2) is 0 Å². The average molecular weight is 414 g/mol. The van der Waals surface area contributed by atoms with Crippen molar-refractivity contribution in [3.8, 4) is 17.1 Å². The number of carbonyl (C=O) groups excluding carboxylic acids is 1. The number of nitrogens with one attached hydrogen (secondary N) is 3. The topological polar surface area (TPSA) is 105 Å². The maximum Gasteiger partial charge on any atom is 0.251 e. The van der Waals surface area contributed by atoms with Crippen molar-refractivity contribution >= 4 is 11.6 Å². The minimum absolute atomic E-state index is 0.158. The Kier molecular flexibility index (Phi) is 6.18. The number of amides is 1. The minimum Gasteiger partial charge on any atom is -0.496 e. The molecule has 0 unspecified atom stereocenters. The van der Waals surface area contributed by atoms with Gasteiger partial charge in [-0.1, -0.05) is 24.3 Å². The standard InChI is InChI=1S/C23H22N6O2/c1-31-20-8-3-2-5-18(20)14-26-23(30)17-6-4-7-19(13-17)25-15-21-27-22(29-28-21)16-9-11-24-12-10-16/h2-13,25H,14-15H2,1H3,(H,26,30)(H,27,28,29). The molecule has 0 saturated heterocycles. The summed E-state index contributed by atoms with van der Waals surface area (Å²) >= 11 is 0. The summed E-state index contributed by atoms with van der Waals surface area (Å²) in [5, 5.41) is 14.5. The Morgan fingerprint density at radius 1 is 1.00 bits per heavy atom. The van der Waals surface area contributed by atoms with Crippen molar-refractivity contribution in [2.75, 3.05) is 12.4 Å². The number of para-hydroxylation sites is 1. The van der Waals surface area contributed by atoms with Crippen LogP contribution in [0.1, 0.15) is 21.7 Å². The Morgan fingerprint density at radius 3 is 2.68 bits per heavy atom. The Hall–Kier alpha value is -4.20.